The Labute approximate surface area is 115 Å². The third kappa shape index (κ3) is 4.60. The Morgan fingerprint density at radius 3 is 2.11 bits per heavy atom. The van der Waals surface area contributed by atoms with Crippen molar-refractivity contribution >= 4 is 9.84 Å². The fourth-order valence-electron chi connectivity index (χ4n) is 1.82. The highest BCUT2D eigenvalue weighted by Gasteiger charge is 2.15. The largest absolute Gasteiger partial charge is 0.396 e. The highest BCUT2D eigenvalue weighted by molar-refractivity contribution is 7.90. The van der Waals surface area contributed by atoms with Crippen LogP contribution in [-0.2, 0) is 9.84 Å². The van der Waals surface area contributed by atoms with Crippen molar-refractivity contribution in [3.8, 4) is 0 Å². The molecule has 0 aliphatic rings. The normalized spacial score (nSPS) is 16.9. The molecule has 0 aliphatic heterocycles. The number of aliphatic hydroxyl groups excluding tert-OH is 1. The van der Waals surface area contributed by atoms with E-state index in [-0.39, 0.29) is 24.6 Å². The quantitative estimate of drug-likeness (QED) is 0.836. The van der Waals surface area contributed by atoms with Gasteiger partial charge in [0.05, 0.1) is 4.90 Å². The molecule has 0 spiro atoms. The highest BCUT2D eigenvalue weighted by atomic mass is 32.2. The van der Waals surface area contributed by atoms with Gasteiger partial charge in [-0.15, -0.1) is 0 Å². The van der Waals surface area contributed by atoms with E-state index in [4.69, 9.17) is 5.11 Å². The number of aliphatic hydroxyl groups is 1. The molecule has 2 N–H and O–H groups in total. The summed E-state index contributed by atoms with van der Waals surface area (Å²) in [5.74, 6) is 0.178. The van der Waals surface area contributed by atoms with E-state index < -0.39 is 9.84 Å². The summed E-state index contributed by atoms with van der Waals surface area (Å²) < 4.78 is 22.8. The Morgan fingerprint density at radius 2 is 1.68 bits per heavy atom. The molecule has 19 heavy (non-hydrogen) atoms. The maximum absolute atomic E-state index is 11.4. The molecule has 0 fully saturated rings. The van der Waals surface area contributed by atoms with E-state index >= 15 is 0 Å². The molecule has 0 saturated carbocycles. The van der Waals surface area contributed by atoms with Gasteiger partial charge in [0.25, 0.3) is 0 Å². The zero-order valence-electron chi connectivity index (χ0n) is 11.9. The summed E-state index contributed by atoms with van der Waals surface area (Å²) in [5, 5.41) is 12.5. The van der Waals surface area contributed by atoms with Gasteiger partial charge in [-0.2, -0.15) is 0 Å². The third-order valence-electron chi connectivity index (χ3n) is 3.46. The van der Waals surface area contributed by atoms with Crippen LogP contribution >= 0.6 is 0 Å². The van der Waals surface area contributed by atoms with Crippen LogP contribution in [0.1, 0.15) is 32.4 Å². The molecule has 0 aliphatic carbocycles. The second-order valence-corrected chi connectivity index (χ2v) is 7.19. The minimum atomic E-state index is -3.14. The Kier molecular flexibility index (Phi) is 5.52. The van der Waals surface area contributed by atoms with Crippen molar-refractivity contribution in [2.75, 3.05) is 12.9 Å². The molecule has 0 amide bonds. The fraction of sp³-hybridized carbons (Fsp3) is 0.571. The molecule has 0 radical (unpaired) electrons. The van der Waals surface area contributed by atoms with Crippen LogP contribution in [-0.4, -0.2) is 32.4 Å². The first kappa shape index (κ1) is 16.1. The van der Waals surface area contributed by atoms with Gasteiger partial charge in [-0.05, 0) is 37.5 Å². The van der Waals surface area contributed by atoms with Gasteiger partial charge in [0.2, 0.25) is 0 Å². The van der Waals surface area contributed by atoms with Crippen molar-refractivity contribution in [3.63, 3.8) is 0 Å². The molecule has 1 aromatic rings. The van der Waals surface area contributed by atoms with Crippen LogP contribution in [0.25, 0.3) is 0 Å². The standard InChI is InChI=1S/C14H23NO3S/c1-10(9-16)11(2)15-12(3)13-5-7-14(8-6-13)19(4,17)18/h5-8,10-12,15-16H,9H2,1-4H3. The second kappa shape index (κ2) is 6.50. The van der Waals surface area contributed by atoms with Crippen molar-refractivity contribution in [2.45, 2.75) is 37.8 Å². The minimum absolute atomic E-state index is 0.109. The van der Waals surface area contributed by atoms with E-state index in [1.54, 1.807) is 12.1 Å². The minimum Gasteiger partial charge on any atom is -0.396 e. The number of benzene rings is 1. The highest BCUT2D eigenvalue weighted by Crippen LogP contribution is 2.17. The van der Waals surface area contributed by atoms with Gasteiger partial charge in [0, 0.05) is 24.9 Å². The maximum atomic E-state index is 11.4. The van der Waals surface area contributed by atoms with Gasteiger partial charge in [-0.3, -0.25) is 0 Å². The summed E-state index contributed by atoms with van der Waals surface area (Å²) in [7, 11) is -3.14. The molecule has 5 heteroatoms. The van der Waals surface area contributed by atoms with Crippen molar-refractivity contribution in [3.05, 3.63) is 29.8 Å². The summed E-state index contributed by atoms with van der Waals surface area (Å²) >= 11 is 0. The number of hydrogen-bond donors (Lipinski definition) is 2. The zero-order chi connectivity index (χ0) is 14.6. The van der Waals surface area contributed by atoms with Crippen molar-refractivity contribution in [2.24, 2.45) is 5.92 Å². The molecule has 0 bridgehead atoms. The van der Waals surface area contributed by atoms with Gasteiger partial charge in [0.15, 0.2) is 9.84 Å². The van der Waals surface area contributed by atoms with Gasteiger partial charge < -0.3 is 10.4 Å². The predicted octanol–water partition coefficient (Wildman–Crippen LogP) is 1.76. The van der Waals surface area contributed by atoms with Crippen LogP contribution in [0.15, 0.2) is 29.2 Å². The van der Waals surface area contributed by atoms with Gasteiger partial charge in [-0.25, -0.2) is 8.42 Å². The summed E-state index contributed by atoms with van der Waals surface area (Å²) in [4.78, 5) is 0.334. The van der Waals surface area contributed by atoms with Gasteiger partial charge >= 0.3 is 0 Å². The average molecular weight is 285 g/mol. The first-order chi connectivity index (χ1) is 8.75. The SMILES string of the molecule is CC(NC(C)C(C)CO)c1ccc(S(C)(=O)=O)cc1. The number of hydrogen-bond acceptors (Lipinski definition) is 4. The lowest BCUT2D eigenvalue weighted by molar-refractivity contribution is 0.202. The smallest absolute Gasteiger partial charge is 0.175 e. The zero-order valence-corrected chi connectivity index (χ0v) is 12.7. The molecule has 0 heterocycles. The van der Waals surface area contributed by atoms with Crippen LogP contribution < -0.4 is 5.32 Å². The third-order valence-corrected chi connectivity index (χ3v) is 4.59. The molecule has 1 aromatic carbocycles. The predicted molar refractivity (Wildman–Crippen MR) is 76.8 cm³/mol. The molecule has 3 atom stereocenters. The first-order valence-corrected chi connectivity index (χ1v) is 8.31. The number of rotatable bonds is 6. The van der Waals surface area contributed by atoms with Crippen molar-refractivity contribution in [1.82, 2.24) is 5.32 Å². The lowest BCUT2D eigenvalue weighted by atomic mass is 10.0. The van der Waals surface area contributed by atoms with Crippen LogP contribution in [0.5, 0.6) is 0 Å². The monoisotopic (exact) mass is 285 g/mol. The number of sulfone groups is 1. The summed E-state index contributed by atoms with van der Waals surface area (Å²) in [5.41, 5.74) is 1.03. The van der Waals surface area contributed by atoms with E-state index in [2.05, 4.69) is 5.32 Å². The summed E-state index contributed by atoms with van der Waals surface area (Å²) in [6, 6.07) is 7.20. The van der Waals surface area contributed by atoms with Crippen LogP contribution in [0.2, 0.25) is 0 Å². The Balaban J connectivity index is 2.76. The second-order valence-electron chi connectivity index (χ2n) is 5.18. The topological polar surface area (TPSA) is 66.4 Å². The van der Waals surface area contributed by atoms with Crippen LogP contribution in [0, 0.1) is 5.92 Å². The number of nitrogens with one attached hydrogen (secondary N) is 1. The van der Waals surface area contributed by atoms with Crippen LogP contribution in [0.4, 0.5) is 0 Å². The molecule has 3 unspecified atom stereocenters. The molecule has 108 valence electrons. The summed E-state index contributed by atoms with van der Waals surface area (Å²) in [6.07, 6.45) is 1.20. The van der Waals surface area contributed by atoms with E-state index in [0.717, 1.165) is 5.56 Å². The molecule has 4 nitrogen and oxygen atoms in total. The van der Waals surface area contributed by atoms with E-state index in [0.29, 0.717) is 4.90 Å². The van der Waals surface area contributed by atoms with E-state index in [1.165, 1.54) is 6.26 Å². The van der Waals surface area contributed by atoms with E-state index in [9.17, 15) is 8.42 Å². The van der Waals surface area contributed by atoms with Crippen LogP contribution in [0.3, 0.4) is 0 Å². The van der Waals surface area contributed by atoms with Gasteiger partial charge in [-0.1, -0.05) is 19.1 Å². The first-order valence-electron chi connectivity index (χ1n) is 6.42. The van der Waals surface area contributed by atoms with E-state index in [1.807, 2.05) is 32.9 Å². The molecular weight excluding hydrogens is 262 g/mol. The van der Waals surface area contributed by atoms with Crippen molar-refractivity contribution < 1.29 is 13.5 Å². The lowest BCUT2D eigenvalue weighted by Gasteiger charge is -2.24. The van der Waals surface area contributed by atoms with Crippen molar-refractivity contribution in [1.29, 1.82) is 0 Å². The van der Waals surface area contributed by atoms with Gasteiger partial charge in [0.1, 0.15) is 0 Å². The average Bonchev–Trinajstić information content (AvgIpc) is 2.36. The Morgan fingerprint density at radius 1 is 1.16 bits per heavy atom. The maximum Gasteiger partial charge on any atom is 0.175 e. The molecular formula is C14H23NO3S. The molecule has 0 saturated heterocycles. The lowest BCUT2D eigenvalue weighted by Crippen LogP contribution is -2.35. The fourth-order valence-corrected chi connectivity index (χ4v) is 2.45. The Bertz CT molecular complexity index is 496. The molecule has 1 rings (SSSR count). The summed E-state index contributed by atoms with van der Waals surface area (Å²) in [6.45, 7) is 6.18. The molecule has 0 aromatic heterocycles. The Hall–Kier alpha value is -0.910.